The Morgan fingerprint density at radius 2 is 1.72 bits per heavy atom. The predicted octanol–water partition coefficient (Wildman–Crippen LogP) is 1.57. The first-order chi connectivity index (χ1) is 12.0. The van der Waals surface area contributed by atoms with E-state index in [0.29, 0.717) is 6.54 Å². The van der Waals surface area contributed by atoms with Gasteiger partial charge >= 0.3 is 0 Å². The molecule has 1 heterocycles. The van der Waals surface area contributed by atoms with Crippen LogP contribution < -0.4 is 15.1 Å². The van der Waals surface area contributed by atoms with E-state index in [-0.39, 0.29) is 5.91 Å². The van der Waals surface area contributed by atoms with Gasteiger partial charge in [0.15, 0.2) is 0 Å². The van der Waals surface area contributed by atoms with E-state index >= 15 is 0 Å². The number of rotatable bonds is 4. The molecule has 0 atom stereocenters. The molecular formula is C21H28N3O+. The van der Waals surface area contributed by atoms with Crippen molar-refractivity contribution in [2.75, 3.05) is 38.1 Å². The van der Waals surface area contributed by atoms with Crippen molar-refractivity contribution in [3.8, 4) is 0 Å². The van der Waals surface area contributed by atoms with Crippen molar-refractivity contribution in [1.29, 1.82) is 0 Å². The van der Waals surface area contributed by atoms with E-state index in [9.17, 15) is 4.79 Å². The van der Waals surface area contributed by atoms with Crippen LogP contribution in [-0.2, 0) is 6.54 Å². The lowest BCUT2D eigenvalue weighted by Crippen LogP contribution is -3.12. The largest absolute Gasteiger partial charge is 0.360 e. The van der Waals surface area contributed by atoms with Crippen LogP contribution in [-0.4, -0.2) is 39.1 Å². The van der Waals surface area contributed by atoms with Crippen LogP contribution in [0.3, 0.4) is 0 Å². The minimum absolute atomic E-state index is 0.0192. The van der Waals surface area contributed by atoms with Gasteiger partial charge in [-0.15, -0.1) is 0 Å². The van der Waals surface area contributed by atoms with Gasteiger partial charge in [0.1, 0.15) is 0 Å². The number of carbonyl (C=O) groups excluding carboxylic acids is 1. The molecule has 1 aliphatic heterocycles. The van der Waals surface area contributed by atoms with Gasteiger partial charge in [-0.25, -0.2) is 0 Å². The van der Waals surface area contributed by atoms with E-state index in [4.69, 9.17) is 0 Å². The van der Waals surface area contributed by atoms with Gasteiger partial charge < -0.3 is 15.1 Å². The van der Waals surface area contributed by atoms with E-state index in [2.05, 4.69) is 48.5 Å². The van der Waals surface area contributed by atoms with E-state index < -0.39 is 0 Å². The third-order valence-electron chi connectivity index (χ3n) is 5.14. The fourth-order valence-corrected chi connectivity index (χ4v) is 3.14. The van der Waals surface area contributed by atoms with Gasteiger partial charge in [0.25, 0.3) is 5.91 Å². The van der Waals surface area contributed by atoms with E-state index in [0.717, 1.165) is 29.8 Å². The Morgan fingerprint density at radius 3 is 2.36 bits per heavy atom. The number of hydrogen-bond acceptors (Lipinski definition) is 2. The van der Waals surface area contributed by atoms with Crippen LogP contribution in [0.4, 0.5) is 5.69 Å². The second kappa shape index (κ2) is 7.70. The number of quaternary nitrogens is 1. The molecular weight excluding hydrogens is 310 g/mol. The number of nitrogens with zero attached hydrogens (tertiary/aromatic N) is 1. The lowest BCUT2D eigenvalue weighted by atomic mass is 10.1. The zero-order valence-corrected chi connectivity index (χ0v) is 15.4. The van der Waals surface area contributed by atoms with Crippen LogP contribution in [0.1, 0.15) is 27.0 Å². The highest BCUT2D eigenvalue weighted by atomic mass is 16.1. The van der Waals surface area contributed by atoms with Gasteiger partial charge in [0.2, 0.25) is 0 Å². The SMILES string of the molecule is Cc1ccc(C(=O)NCc2ccc(N3CC[NH+](C)CC3)cc2)cc1C. The standard InChI is InChI=1S/C21H27N3O/c1-16-4-7-19(14-17(16)2)21(25)22-15-18-5-8-20(9-6-18)24-12-10-23(3)11-13-24/h4-9,14H,10-13,15H2,1-3H3,(H,22,25)/p+1. The van der Waals surface area contributed by atoms with Crippen molar-refractivity contribution in [3.63, 3.8) is 0 Å². The first kappa shape index (κ1) is 17.5. The van der Waals surface area contributed by atoms with Crippen LogP contribution in [0, 0.1) is 13.8 Å². The molecule has 4 heteroatoms. The summed E-state index contributed by atoms with van der Waals surface area (Å²) in [5, 5.41) is 3.01. The summed E-state index contributed by atoms with van der Waals surface area (Å²) in [6.45, 7) is 9.23. The van der Waals surface area contributed by atoms with Gasteiger partial charge in [-0.2, -0.15) is 0 Å². The van der Waals surface area contributed by atoms with Gasteiger partial charge in [-0.3, -0.25) is 4.79 Å². The first-order valence-corrected chi connectivity index (χ1v) is 9.03. The normalized spacial score (nSPS) is 15.2. The molecule has 25 heavy (non-hydrogen) atoms. The maximum atomic E-state index is 12.3. The summed E-state index contributed by atoms with van der Waals surface area (Å²) in [4.78, 5) is 16.3. The molecule has 3 rings (SSSR count). The maximum absolute atomic E-state index is 12.3. The molecule has 0 spiro atoms. The van der Waals surface area contributed by atoms with Gasteiger partial charge in [-0.05, 0) is 54.8 Å². The summed E-state index contributed by atoms with van der Waals surface area (Å²) in [6.07, 6.45) is 0. The topological polar surface area (TPSA) is 36.8 Å². The van der Waals surface area contributed by atoms with Crippen LogP contribution in [0.15, 0.2) is 42.5 Å². The monoisotopic (exact) mass is 338 g/mol. The predicted molar refractivity (Wildman–Crippen MR) is 102 cm³/mol. The van der Waals surface area contributed by atoms with Crippen molar-refractivity contribution < 1.29 is 9.69 Å². The van der Waals surface area contributed by atoms with Gasteiger partial charge in [0.05, 0.1) is 33.2 Å². The zero-order valence-electron chi connectivity index (χ0n) is 15.4. The van der Waals surface area contributed by atoms with E-state index in [1.54, 1.807) is 4.90 Å². The second-order valence-electron chi connectivity index (χ2n) is 7.09. The molecule has 1 amide bonds. The Kier molecular flexibility index (Phi) is 5.39. The van der Waals surface area contributed by atoms with Crippen LogP contribution >= 0.6 is 0 Å². The fourth-order valence-electron chi connectivity index (χ4n) is 3.14. The highest BCUT2D eigenvalue weighted by Crippen LogP contribution is 2.15. The lowest BCUT2D eigenvalue weighted by Gasteiger charge is -2.31. The number of likely N-dealkylation sites (N-methyl/N-ethyl adjacent to an activating group) is 1. The summed E-state index contributed by atoms with van der Waals surface area (Å²) in [5.41, 5.74) is 5.47. The summed E-state index contributed by atoms with van der Waals surface area (Å²) in [7, 11) is 2.25. The molecule has 0 aliphatic carbocycles. The van der Waals surface area contributed by atoms with Crippen LogP contribution in [0.2, 0.25) is 0 Å². The molecule has 2 aromatic carbocycles. The second-order valence-corrected chi connectivity index (χ2v) is 7.09. The maximum Gasteiger partial charge on any atom is 0.251 e. The molecule has 0 saturated carbocycles. The van der Waals surface area contributed by atoms with Gasteiger partial charge in [-0.1, -0.05) is 18.2 Å². The third kappa shape index (κ3) is 4.40. The van der Waals surface area contributed by atoms with Crippen molar-refractivity contribution in [2.24, 2.45) is 0 Å². The summed E-state index contributed by atoms with van der Waals surface area (Å²) < 4.78 is 0. The summed E-state index contributed by atoms with van der Waals surface area (Å²) in [5.74, 6) is -0.0192. The van der Waals surface area contributed by atoms with Crippen molar-refractivity contribution in [3.05, 3.63) is 64.7 Å². The van der Waals surface area contributed by atoms with E-state index in [1.807, 2.05) is 25.1 Å². The number of benzene rings is 2. The Bertz CT molecular complexity index is 731. The quantitative estimate of drug-likeness (QED) is 0.888. The summed E-state index contributed by atoms with van der Waals surface area (Å²) in [6, 6.07) is 14.4. The highest BCUT2D eigenvalue weighted by Gasteiger charge is 2.16. The van der Waals surface area contributed by atoms with Crippen molar-refractivity contribution >= 4 is 11.6 Å². The molecule has 132 valence electrons. The average Bonchev–Trinajstić information content (AvgIpc) is 2.63. The molecule has 1 saturated heterocycles. The number of carbonyl (C=O) groups is 1. The zero-order chi connectivity index (χ0) is 17.8. The van der Waals surface area contributed by atoms with Crippen LogP contribution in [0.5, 0.6) is 0 Å². The molecule has 0 radical (unpaired) electrons. The smallest absolute Gasteiger partial charge is 0.251 e. The van der Waals surface area contributed by atoms with Crippen molar-refractivity contribution in [2.45, 2.75) is 20.4 Å². The highest BCUT2D eigenvalue weighted by molar-refractivity contribution is 5.94. The molecule has 1 fully saturated rings. The average molecular weight is 338 g/mol. The van der Waals surface area contributed by atoms with Gasteiger partial charge in [0, 0.05) is 17.8 Å². The molecule has 0 unspecified atom stereocenters. The molecule has 4 nitrogen and oxygen atoms in total. The minimum atomic E-state index is -0.0192. The number of aryl methyl sites for hydroxylation is 2. The van der Waals surface area contributed by atoms with Crippen LogP contribution in [0.25, 0.3) is 0 Å². The Hall–Kier alpha value is -2.33. The Balaban J connectivity index is 1.56. The number of piperazine rings is 1. The number of nitrogens with one attached hydrogen (secondary N) is 2. The summed E-state index contributed by atoms with van der Waals surface area (Å²) >= 11 is 0. The molecule has 1 aliphatic rings. The number of anilines is 1. The van der Waals surface area contributed by atoms with E-state index in [1.165, 1.54) is 24.3 Å². The molecule has 2 aromatic rings. The molecule has 2 N–H and O–H groups in total. The lowest BCUT2D eigenvalue weighted by molar-refractivity contribution is -0.880. The Labute approximate surface area is 150 Å². The number of amides is 1. The fraction of sp³-hybridized carbons (Fsp3) is 0.381. The Morgan fingerprint density at radius 1 is 1.04 bits per heavy atom. The molecule has 0 bridgehead atoms. The third-order valence-corrected chi connectivity index (χ3v) is 5.14. The number of hydrogen-bond donors (Lipinski definition) is 2. The molecule has 0 aromatic heterocycles. The minimum Gasteiger partial charge on any atom is -0.360 e. The van der Waals surface area contributed by atoms with Crippen molar-refractivity contribution in [1.82, 2.24) is 5.32 Å². The first-order valence-electron chi connectivity index (χ1n) is 9.03.